The Balaban J connectivity index is 1.34. The van der Waals surface area contributed by atoms with E-state index >= 15 is 4.39 Å². The van der Waals surface area contributed by atoms with Crippen molar-refractivity contribution in [3.05, 3.63) is 103 Å². The summed E-state index contributed by atoms with van der Waals surface area (Å²) in [5.74, 6) is -0.303. The van der Waals surface area contributed by atoms with Gasteiger partial charge in [-0.25, -0.2) is 14.4 Å². The molecule has 0 aliphatic carbocycles. The zero-order valence-electron chi connectivity index (χ0n) is 20.4. The third-order valence-corrected chi connectivity index (χ3v) is 6.12. The summed E-state index contributed by atoms with van der Waals surface area (Å²) >= 11 is 0. The smallest absolute Gasteiger partial charge is 0.230 e. The molecule has 0 saturated heterocycles. The molecular weight excluding hydrogens is 453 g/mol. The summed E-state index contributed by atoms with van der Waals surface area (Å²) in [6.45, 7) is 6.28. The molecule has 4 heterocycles. The van der Waals surface area contributed by atoms with Crippen LogP contribution in [0.2, 0.25) is 0 Å². The fraction of sp³-hybridized carbons (Fsp3) is 0.172. The summed E-state index contributed by atoms with van der Waals surface area (Å²) in [4.78, 5) is 25.4. The van der Waals surface area contributed by atoms with Crippen molar-refractivity contribution in [2.45, 2.75) is 32.6 Å². The minimum Gasteiger partial charge on any atom is -0.310 e. The van der Waals surface area contributed by atoms with Crippen molar-refractivity contribution in [2.75, 3.05) is 5.32 Å². The molecular formula is C29H26FN5O. The fourth-order valence-electron chi connectivity index (χ4n) is 4.09. The highest BCUT2D eigenvalue weighted by atomic mass is 19.1. The van der Waals surface area contributed by atoms with Gasteiger partial charge in [-0.05, 0) is 70.1 Å². The average molecular weight is 480 g/mol. The minimum absolute atomic E-state index is 0.0667. The molecule has 7 heteroatoms. The number of imidazole rings is 1. The SMILES string of the molecule is CC(C)(C)c1ccnc(NC(=O)Cc2ccc(-c3cnc4cc(-c5ccncc5)ccn34)cc2F)c1. The van der Waals surface area contributed by atoms with E-state index in [-0.39, 0.29) is 17.7 Å². The number of rotatable bonds is 5. The molecule has 36 heavy (non-hydrogen) atoms. The summed E-state index contributed by atoms with van der Waals surface area (Å²) in [6.07, 6.45) is 8.73. The Morgan fingerprint density at radius 1 is 0.917 bits per heavy atom. The lowest BCUT2D eigenvalue weighted by molar-refractivity contribution is -0.115. The lowest BCUT2D eigenvalue weighted by Crippen LogP contribution is -2.17. The molecule has 1 N–H and O–H groups in total. The number of nitrogens with zero attached hydrogens (tertiary/aromatic N) is 4. The molecule has 6 nitrogen and oxygen atoms in total. The molecule has 0 unspecified atom stereocenters. The number of aromatic nitrogens is 4. The van der Waals surface area contributed by atoms with Gasteiger partial charge in [-0.15, -0.1) is 0 Å². The molecule has 0 atom stereocenters. The maximum atomic E-state index is 15.0. The van der Waals surface area contributed by atoms with Crippen LogP contribution in [0.1, 0.15) is 31.9 Å². The Kier molecular flexibility index (Phi) is 6.06. The van der Waals surface area contributed by atoms with E-state index in [0.29, 0.717) is 16.9 Å². The first-order valence-corrected chi connectivity index (χ1v) is 11.7. The summed E-state index contributed by atoms with van der Waals surface area (Å²) in [6, 6.07) is 16.5. The fourth-order valence-corrected chi connectivity index (χ4v) is 4.09. The van der Waals surface area contributed by atoms with Crippen LogP contribution in [0, 0.1) is 5.82 Å². The average Bonchev–Trinajstić information content (AvgIpc) is 3.29. The summed E-state index contributed by atoms with van der Waals surface area (Å²) in [7, 11) is 0. The third-order valence-electron chi connectivity index (χ3n) is 6.12. The number of hydrogen-bond donors (Lipinski definition) is 1. The number of nitrogens with one attached hydrogen (secondary N) is 1. The van der Waals surface area contributed by atoms with Gasteiger partial charge in [-0.2, -0.15) is 0 Å². The lowest BCUT2D eigenvalue weighted by atomic mass is 9.88. The number of halogens is 1. The van der Waals surface area contributed by atoms with Crippen molar-refractivity contribution >= 4 is 17.4 Å². The van der Waals surface area contributed by atoms with E-state index in [1.54, 1.807) is 30.9 Å². The highest BCUT2D eigenvalue weighted by molar-refractivity contribution is 5.91. The number of hydrogen-bond acceptors (Lipinski definition) is 4. The zero-order valence-corrected chi connectivity index (χ0v) is 20.4. The molecule has 0 aliphatic heterocycles. The standard InChI is InChI=1S/C29H26FN5O/c1-29(2,3)23-8-12-32-26(17-23)34-28(36)16-21-4-5-22(14-24(21)30)25-18-33-27-15-20(9-13-35(25)27)19-6-10-31-11-7-19/h4-15,17-18H,16H2,1-3H3,(H,32,34,36). The van der Waals surface area contributed by atoms with Gasteiger partial charge in [0.1, 0.15) is 17.3 Å². The topological polar surface area (TPSA) is 72.2 Å². The second kappa shape index (κ2) is 9.34. The molecule has 180 valence electrons. The third kappa shape index (κ3) is 4.86. The Hall–Kier alpha value is -4.39. The molecule has 5 rings (SSSR count). The molecule has 0 saturated carbocycles. The van der Waals surface area contributed by atoms with E-state index in [1.165, 1.54) is 6.07 Å². The van der Waals surface area contributed by atoms with Gasteiger partial charge >= 0.3 is 0 Å². The van der Waals surface area contributed by atoms with Gasteiger partial charge in [0.15, 0.2) is 0 Å². The van der Waals surface area contributed by atoms with Crippen LogP contribution < -0.4 is 5.32 Å². The predicted molar refractivity (Wildman–Crippen MR) is 139 cm³/mol. The summed E-state index contributed by atoms with van der Waals surface area (Å²) in [5, 5.41) is 2.78. The molecule has 0 spiro atoms. The zero-order chi connectivity index (χ0) is 25.3. The maximum absolute atomic E-state index is 15.0. The first kappa shape index (κ1) is 23.4. The first-order chi connectivity index (χ1) is 17.3. The number of benzene rings is 1. The highest BCUT2D eigenvalue weighted by Gasteiger charge is 2.16. The van der Waals surface area contributed by atoms with Crippen LogP contribution in [0.25, 0.3) is 28.0 Å². The Bertz CT molecular complexity index is 1550. The second-order valence-corrected chi connectivity index (χ2v) is 9.73. The van der Waals surface area contributed by atoms with Crippen molar-refractivity contribution in [3.8, 4) is 22.4 Å². The largest absolute Gasteiger partial charge is 0.310 e. The van der Waals surface area contributed by atoms with Crippen LogP contribution in [0.15, 0.2) is 85.6 Å². The van der Waals surface area contributed by atoms with Crippen molar-refractivity contribution in [1.82, 2.24) is 19.4 Å². The van der Waals surface area contributed by atoms with Crippen LogP contribution >= 0.6 is 0 Å². The molecule has 0 bridgehead atoms. The minimum atomic E-state index is -0.442. The van der Waals surface area contributed by atoms with Crippen LogP contribution in [-0.4, -0.2) is 25.3 Å². The Morgan fingerprint density at radius 3 is 2.47 bits per heavy atom. The van der Waals surface area contributed by atoms with Crippen molar-refractivity contribution < 1.29 is 9.18 Å². The van der Waals surface area contributed by atoms with Crippen molar-refractivity contribution in [3.63, 3.8) is 0 Å². The summed E-state index contributed by atoms with van der Waals surface area (Å²) < 4.78 is 16.9. The van der Waals surface area contributed by atoms with Gasteiger partial charge in [0.05, 0.1) is 18.3 Å². The van der Waals surface area contributed by atoms with Gasteiger partial charge in [0, 0.05) is 30.4 Å². The van der Waals surface area contributed by atoms with Crippen LogP contribution in [0.4, 0.5) is 10.2 Å². The van der Waals surface area contributed by atoms with E-state index in [0.717, 1.165) is 28.0 Å². The number of pyridine rings is 3. The van der Waals surface area contributed by atoms with E-state index in [9.17, 15) is 4.79 Å². The number of amides is 1. The molecule has 5 aromatic rings. The predicted octanol–water partition coefficient (Wildman–Crippen LogP) is 6.08. The van der Waals surface area contributed by atoms with Crippen molar-refractivity contribution in [1.29, 1.82) is 0 Å². The lowest BCUT2D eigenvalue weighted by Gasteiger charge is -2.19. The Labute approximate surface area is 208 Å². The quantitative estimate of drug-likeness (QED) is 0.332. The van der Waals surface area contributed by atoms with Crippen LogP contribution in [-0.2, 0) is 16.6 Å². The van der Waals surface area contributed by atoms with E-state index in [1.807, 2.05) is 53.1 Å². The Morgan fingerprint density at radius 2 is 1.72 bits per heavy atom. The molecule has 4 aromatic heterocycles. The van der Waals surface area contributed by atoms with Gasteiger partial charge in [-0.3, -0.25) is 14.2 Å². The van der Waals surface area contributed by atoms with E-state index in [4.69, 9.17) is 0 Å². The van der Waals surface area contributed by atoms with Crippen LogP contribution in [0.5, 0.6) is 0 Å². The molecule has 0 radical (unpaired) electrons. The second-order valence-electron chi connectivity index (χ2n) is 9.73. The molecule has 1 aromatic carbocycles. The first-order valence-electron chi connectivity index (χ1n) is 11.7. The number of carbonyl (C=O) groups excluding carboxylic acids is 1. The summed E-state index contributed by atoms with van der Waals surface area (Å²) in [5.41, 5.74) is 5.59. The van der Waals surface area contributed by atoms with Crippen molar-refractivity contribution in [2.24, 2.45) is 0 Å². The number of anilines is 1. The van der Waals surface area contributed by atoms with Gasteiger partial charge in [-0.1, -0.05) is 32.9 Å². The van der Waals surface area contributed by atoms with E-state index < -0.39 is 5.82 Å². The number of fused-ring (bicyclic) bond motifs is 1. The van der Waals surface area contributed by atoms with E-state index in [2.05, 4.69) is 41.0 Å². The molecule has 0 aliphatic rings. The van der Waals surface area contributed by atoms with Gasteiger partial charge < -0.3 is 5.32 Å². The maximum Gasteiger partial charge on any atom is 0.230 e. The number of carbonyl (C=O) groups is 1. The molecule has 1 amide bonds. The molecule has 0 fully saturated rings. The normalized spacial score (nSPS) is 11.6. The van der Waals surface area contributed by atoms with Gasteiger partial charge in [0.2, 0.25) is 5.91 Å². The highest BCUT2D eigenvalue weighted by Crippen LogP contribution is 2.27. The van der Waals surface area contributed by atoms with Crippen LogP contribution in [0.3, 0.4) is 0 Å². The van der Waals surface area contributed by atoms with Gasteiger partial charge in [0.25, 0.3) is 0 Å². The monoisotopic (exact) mass is 479 g/mol.